The highest BCUT2D eigenvalue weighted by atomic mass is 16.2. The van der Waals surface area contributed by atoms with Gasteiger partial charge in [-0.15, -0.1) is 0 Å². The van der Waals surface area contributed by atoms with E-state index in [-0.39, 0.29) is 17.7 Å². The summed E-state index contributed by atoms with van der Waals surface area (Å²) in [7, 11) is 0. The second kappa shape index (κ2) is 6.90. The molecule has 0 spiro atoms. The average molecular weight is 301 g/mol. The van der Waals surface area contributed by atoms with Gasteiger partial charge in [-0.3, -0.25) is 14.6 Å². The molecule has 1 unspecified atom stereocenters. The maximum atomic E-state index is 12.3. The van der Waals surface area contributed by atoms with E-state index in [0.717, 1.165) is 18.4 Å². The average Bonchev–Trinajstić information content (AvgIpc) is 2.96. The molecule has 118 valence electrons. The summed E-state index contributed by atoms with van der Waals surface area (Å²) >= 11 is 0. The van der Waals surface area contributed by atoms with Gasteiger partial charge in [-0.2, -0.15) is 0 Å². The van der Waals surface area contributed by atoms with Crippen molar-refractivity contribution in [2.75, 3.05) is 6.54 Å². The van der Waals surface area contributed by atoms with Gasteiger partial charge in [0.25, 0.3) is 0 Å². The zero-order valence-electron chi connectivity index (χ0n) is 12.8. The maximum Gasteiger partial charge on any atom is 0.225 e. The molecule has 1 atom stereocenters. The van der Waals surface area contributed by atoms with E-state index in [2.05, 4.69) is 10.3 Å². The molecule has 1 aromatic rings. The first-order valence-electron chi connectivity index (χ1n) is 8.20. The van der Waals surface area contributed by atoms with Crippen LogP contribution >= 0.6 is 0 Å². The Labute approximate surface area is 131 Å². The van der Waals surface area contributed by atoms with Crippen molar-refractivity contribution in [3.8, 4) is 0 Å². The molecule has 0 bridgehead atoms. The van der Waals surface area contributed by atoms with Gasteiger partial charge in [-0.1, -0.05) is 19.3 Å². The normalized spacial score (nSPS) is 22.8. The van der Waals surface area contributed by atoms with Gasteiger partial charge in [0.15, 0.2) is 0 Å². The number of nitrogens with one attached hydrogen (secondary N) is 1. The van der Waals surface area contributed by atoms with E-state index in [1.54, 1.807) is 12.4 Å². The van der Waals surface area contributed by atoms with Crippen molar-refractivity contribution in [1.82, 2.24) is 15.2 Å². The minimum Gasteiger partial charge on any atom is -0.352 e. The standard InChI is InChI=1S/C17H23N3O2/c21-16-10-14(12-20(16)15-4-2-1-3-5-15)17(22)19-11-13-6-8-18-9-7-13/h6-9,14-15H,1-5,10-12H2,(H,19,22). The van der Waals surface area contributed by atoms with Crippen molar-refractivity contribution in [2.45, 2.75) is 51.1 Å². The Balaban J connectivity index is 1.52. The number of carbonyl (C=O) groups is 2. The van der Waals surface area contributed by atoms with E-state index < -0.39 is 0 Å². The van der Waals surface area contributed by atoms with Crippen LogP contribution in [0.2, 0.25) is 0 Å². The van der Waals surface area contributed by atoms with Crippen molar-refractivity contribution in [3.63, 3.8) is 0 Å². The number of carbonyl (C=O) groups excluding carboxylic acids is 2. The van der Waals surface area contributed by atoms with Crippen LogP contribution in [0.5, 0.6) is 0 Å². The molecule has 3 rings (SSSR count). The smallest absolute Gasteiger partial charge is 0.225 e. The fourth-order valence-electron chi connectivity index (χ4n) is 3.49. The first-order valence-corrected chi connectivity index (χ1v) is 8.20. The van der Waals surface area contributed by atoms with E-state index >= 15 is 0 Å². The molecular formula is C17H23N3O2. The van der Waals surface area contributed by atoms with Crippen molar-refractivity contribution < 1.29 is 9.59 Å². The molecular weight excluding hydrogens is 278 g/mol. The van der Waals surface area contributed by atoms with Crippen LogP contribution in [-0.2, 0) is 16.1 Å². The van der Waals surface area contributed by atoms with Gasteiger partial charge in [0.05, 0.1) is 5.92 Å². The second-order valence-electron chi connectivity index (χ2n) is 6.31. The molecule has 2 fully saturated rings. The molecule has 5 heteroatoms. The molecule has 0 radical (unpaired) electrons. The first-order chi connectivity index (χ1) is 10.7. The zero-order chi connectivity index (χ0) is 15.4. The lowest BCUT2D eigenvalue weighted by Gasteiger charge is -2.31. The third kappa shape index (κ3) is 3.46. The molecule has 1 aromatic heterocycles. The number of hydrogen-bond donors (Lipinski definition) is 1. The van der Waals surface area contributed by atoms with E-state index in [9.17, 15) is 9.59 Å². The Morgan fingerprint density at radius 2 is 1.95 bits per heavy atom. The quantitative estimate of drug-likeness (QED) is 0.923. The molecule has 1 aliphatic carbocycles. The molecule has 22 heavy (non-hydrogen) atoms. The summed E-state index contributed by atoms with van der Waals surface area (Å²) in [6, 6.07) is 4.13. The second-order valence-corrected chi connectivity index (χ2v) is 6.31. The van der Waals surface area contributed by atoms with Gasteiger partial charge < -0.3 is 10.2 Å². The summed E-state index contributed by atoms with van der Waals surface area (Å²) in [5.74, 6) is -0.0595. The predicted molar refractivity (Wildman–Crippen MR) is 82.8 cm³/mol. The summed E-state index contributed by atoms with van der Waals surface area (Å²) in [5, 5.41) is 2.94. The van der Waals surface area contributed by atoms with Gasteiger partial charge in [0.2, 0.25) is 11.8 Å². The van der Waals surface area contributed by atoms with E-state index in [0.29, 0.717) is 25.6 Å². The third-order valence-electron chi connectivity index (χ3n) is 4.76. The van der Waals surface area contributed by atoms with Crippen LogP contribution in [0.15, 0.2) is 24.5 Å². The van der Waals surface area contributed by atoms with Crippen LogP contribution in [0.4, 0.5) is 0 Å². The molecule has 2 heterocycles. The highest BCUT2D eigenvalue weighted by molar-refractivity contribution is 5.89. The summed E-state index contributed by atoms with van der Waals surface area (Å²) in [5.41, 5.74) is 1.02. The molecule has 2 amide bonds. The Hall–Kier alpha value is -1.91. The molecule has 1 N–H and O–H groups in total. The fraction of sp³-hybridized carbons (Fsp3) is 0.588. The number of amides is 2. The first kappa shape index (κ1) is 15.0. The number of nitrogens with zero attached hydrogens (tertiary/aromatic N) is 2. The Morgan fingerprint density at radius 1 is 1.23 bits per heavy atom. The number of rotatable bonds is 4. The Bertz CT molecular complexity index is 526. The van der Waals surface area contributed by atoms with Gasteiger partial charge in [-0.25, -0.2) is 0 Å². The minimum atomic E-state index is -0.198. The van der Waals surface area contributed by atoms with Gasteiger partial charge in [0, 0.05) is 37.9 Å². The number of pyridine rings is 1. The Kier molecular flexibility index (Phi) is 4.71. The maximum absolute atomic E-state index is 12.3. The van der Waals surface area contributed by atoms with Gasteiger partial charge >= 0.3 is 0 Å². The number of likely N-dealkylation sites (tertiary alicyclic amines) is 1. The molecule has 1 saturated heterocycles. The van der Waals surface area contributed by atoms with Crippen LogP contribution in [0.25, 0.3) is 0 Å². The minimum absolute atomic E-state index is 0.0107. The highest BCUT2D eigenvalue weighted by Gasteiger charge is 2.37. The summed E-state index contributed by atoms with van der Waals surface area (Å²) in [4.78, 5) is 30.4. The lowest BCUT2D eigenvalue weighted by atomic mass is 9.94. The number of hydrogen-bond acceptors (Lipinski definition) is 3. The largest absolute Gasteiger partial charge is 0.352 e. The van der Waals surface area contributed by atoms with Crippen molar-refractivity contribution in [2.24, 2.45) is 5.92 Å². The fourth-order valence-corrected chi connectivity index (χ4v) is 3.49. The van der Waals surface area contributed by atoms with Crippen LogP contribution < -0.4 is 5.32 Å². The lowest BCUT2D eigenvalue weighted by Crippen LogP contribution is -2.39. The summed E-state index contributed by atoms with van der Waals surface area (Å²) in [6.07, 6.45) is 9.65. The van der Waals surface area contributed by atoms with E-state index in [1.807, 2.05) is 17.0 Å². The Morgan fingerprint density at radius 3 is 2.68 bits per heavy atom. The van der Waals surface area contributed by atoms with E-state index in [4.69, 9.17) is 0 Å². The van der Waals surface area contributed by atoms with Gasteiger partial charge in [-0.05, 0) is 30.5 Å². The number of aromatic nitrogens is 1. The summed E-state index contributed by atoms with van der Waals surface area (Å²) < 4.78 is 0. The van der Waals surface area contributed by atoms with Crippen LogP contribution in [0, 0.1) is 5.92 Å². The molecule has 0 aromatic carbocycles. The highest BCUT2D eigenvalue weighted by Crippen LogP contribution is 2.28. The zero-order valence-corrected chi connectivity index (χ0v) is 12.8. The topological polar surface area (TPSA) is 62.3 Å². The SMILES string of the molecule is O=C(NCc1ccncc1)C1CC(=O)N(C2CCCCC2)C1. The monoisotopic (exact) mass is 301 g/mol. The third-order valence-corrected chi connectivity index (χ3v) is 4.76. The van der Waals surface area contributed by atoms with Crippen LogP contribution in [0.1, 0.15) is 44.1 Å². The van der Waals surface area contributed by atoms with E-state index in [1.165, 1.54) is 19.3 Å². The summed E-state index contributed by atoms with van der Waals surface area (Å²) in [6.45, 7) is 1.08. The van der Waals surface area contributed by atoms with Crippen molar-refractivity contribution >= 4 is 11.8 Å². The van der Waals surface area contributed by atoms with Crippen molar-refractivity contribution in [3.05, 3.63) is 30.1 Å². The molecule has 1 saturated carbocycles. The lowest BCUT2D eigenvalue weighted by molar-refractivity contribution is -0.130. The van der Waals surface area contributed by atoms with Crippen LogP contribution in [-0.4, -0.2) is 34.3 Å². The molecule has 5 nitrogen and oxygen atoms in total. The molecule has 1 aliphatic heterocycles. The van der Waals surface area contributed by atoms with Gasteiger partial charge in [0.1, 0.15) is 0 Å². The predicted octanol–water partition coefficient (Wildman–Crippen LogP) is 1.88. The van der Waals surface area contributed by atoms with Crippen LogP contribution in [0.3, 0.4) is 0 Å². The van der Waals surface area contributed by atoms with Crippen molar-refractivity contribution in [1.29, 1.82) is 0 Å². The molecule has 2 aliphatic rings.